The molecule has 2 N–H and O–H groups in total. The van der Waals surface area contributed by atoms with E-state index in [9.17, 15) is 9.59 Å². The van der Waals surface area contributed by atoms with Crippen LogP contribution in [0.4, 0.5) is 0 Å². The number of aryl methyl sites for hydroxylation is 2. The van der Waals surface area contributed by atoms with Gasteiger partial charge in [0.1, 0.15) is 11.4 Å². The monoisotopic (exact) mass is 301 g/mol. The van der Waals surface area contributed by atoms with Crippen LogP contribution in [0.15, 0.2) is 36.4 Å². The molecule has 2 rings (SSSR count). The average Bonchev–Trinajstić information content (AvgIpc) is 2.54. The molecule has 0 aliphatic rings. The van der Waals surface area contributed by atoms with Crippen molar-refractivity contribution < 1.29 is 14.3 Å². The van der Waals surface area contributed by atoms with E-state index in [-0.39, 0.29) is 12.3 Å². The molecule has 22 heavy (non-hydrogen) atoms. The first-order valence-corrected chi connectivity index (χ1v) is 6.66. The van der Waals surface area contributed by atoms with Gasteiger partial charge in [-0.1, -0.05) is 12.1 Å². The van der Waals surface area contributed by atoms with Gasteiger partial charge >= 0.3 is 5.97 Å². The molecule has 116 valence electrons. The summed E-state index contributed by atoms with van der Waals surface area (Å²) in [5.74, 6) is -0.512. The van der Waals surface area contributed by atoms with Gasteiger partial charge in [0.15, 0.2) is 5.78 Å². The van der Waals surface area contributed by atoms with Gasteiger partial charge in [0.25, 0.3) is 0 Å². The van der Waals surface area contributed by atoms with E-state index in [2.05, 4.69) is 14.7 Å². The summed E-state index contributed by atoms with van der Waals surface area (Å²) < 4.78 is 4.49. The van der Waals surface area contributed by atoms with Crippen LogP contribution in [0.25, 0.3) is 0 Å². The van der Waals surface area contributed by atoms with Crippen LogP contribution in [0, 0.1) is 13.8 Å². The highest BCUT2D eigenvalue weighted by Gasteiger charge is 2.05. The molecule has 2 aromatic heterocycles. The minimum Gasteiger partial charge on any atom is -0.464 e. The molecule has 2 aromatic rings. The van der Waals surface area contributed by atoms with Crippen molar-refractivity contribution in [2.45, 2.75) is 13.8 Å². The van der Waals surface area contributed by atoms with Gasteiger partial charge in [-0.2, -0.15) is 0 Å². The highest BCUT2D eigenvalue weighted by atomic mass is 16.5. The number of hydrogen-bond acceptors (Lipinski definition) is 6. The summed E-state index contributed by atoms with van der Waals surface area (Å²) in [6, 6.07) is 10.5. The van der Waals surface area contributed by atoms with Crippen LogP contribution >= 0.6 is 0 Å². The van der Waals surface area contributed by atoms with Gasteiger partial charge in [-0.3, -0.25) is 4.79 Å². The summed E-state index contributed by atoms with van der Waals surface area (Å²) in [7, 11) is 1.34. The van der Waals surface area contributed by atoms with Gasteiger partial charge in [-0.15, -0.1) is 0 Å². The second kappa shape index (κ2) is 8.63. The fourth-order valence-electron chi connectivity index (χ4n) is 1.56. The summed E-state index contributed by atoms with van der Waals surface area (Å²) in [4.78, 5) is 29.8. The number of pyridine rings is 2. The third-order valence-electron chi connectivity index (χ3n) is 2.64. The van der Waals surface area contributed by atoms with E-state index in [0.717, 1.165) is 11.4 Å². The Labute approximate surface area is 129 Å². The fourth-order valence-corrected chi connectivity index (χ4v) is 1.56. The van der Waals surface area contributed by atoms with E-state index >= 15 is 0 Å². The second-order valence-corrected chi connectivity index (χ2v) is 4.45. The van der Waals surface area contributed by atoms with Crippen molar-refractivity contribution in [3.63, 3.8) is 0 Å². The van der Waals surface area contributed by atoms with Crippen molar-refractivity contribution in [1.29, 1.82) is 0 Å². The Bertz CT molecular complexity index is 599. The van der Waals surface area contributed by atoms with Gasteiger partial charge in [-0.25, -0.2) is 14.8 Å². The van der Waals surface area contributed by atoms with Crippen molar-refractivity contribution in [3.8, 4) is 0 Å². The number of esters is 1. The second-order valence-electron chi connectivity index (χ2n) is 4.45. The van der Waals surface area contributed by atoms with Gasteiger partial charge in [0.05, 0.1) is 13.7 Å². The Morgan fingerprint density at radius 3 is 1.95 bits per heavy atom. The topological polar surface area (TPSA) is 95.2 Å². The molecule has 2 heterocycles. The Balaban J connectivity index is 0.000000220. The Kier molecular flexibility index (Phi) is 6.85. The molecule has 6 heteroatoms. The van der Waals surface area contributed by atoms with Crippen LogP contribution < -0.4 is 5.73 Å². The van der Waals surface area contributed by atoms with Crippen molar-refractivity contribution in [3.05, 3.63) is 59.2 Å². The number of ketones is 1. The summed E-state index contributed by atoms with van der Waals surface area (Å²) in [6.07, 6.45) is 0. The Morgan fingerprint density at radius 2 is 1.50 bits per heavy atom. The predicted molar refractivity (Wildman–Crippen MR) is 82.7 cm³/mol. The zero-order valence-corrected chi connectivity index (χ0v) is 12.9. The molecule has 0 saturated heterocycles. The minimum atomic E-state index is -0.395. The molecule has 0 aliphatic heterocycles. The van der Waals surface area contributed by atoms with Crippen LogP contribution in [0.5, 0.6) is 0 Å². The SMILES string of the molecule is COC(=O)c1cccc(C)n1.Cc1cccc(C(=O)CN)n1. The third-order valence-corrected chi connectivity index (χ3v) is 2.64. The average molecular weight is 301 g/mol. The first kappa shape index (κ1) is 17.5. The van der Waals surface area contributed by atoms with Crippen molar-refractivity contribution in [2.24, 2.45) is 5.73 Å². The molecule has 0 bridgehead atoms. The Morgan fingerprint density at radius 1 is 1.00 bits per heavy atom. The molecule has 0 saturated carbocycles. The maximum atomic E-state index is 11.0. The van der Waals surface area contributed by atoms with Gasteiger partial charge in [0, 0.05) is 11.4 Å². The molecule has 0 aliphatic carbocycles. The molecule has 0 atom stereocenters. The summed E-state index contributed by atoms with van der Waals surface area (Å²) >= 11 is 0. The molecule has 0 unspecified atom stereocenters. The number of aromatic nitrogens is 2. The maximum absolute atomic E-state index is 11.0. The van der Waals surface area contributed by atoms with Crippen molar-refractivity contribution in [1.82, 2.24) is 9.97 Å². The molecular weight excluding hydrogens is 282 g/mol. The Hall–Kier alpha value is -2.60. The smallest absolute Gasteiger partial charge is 0.356 e. The van der Waals surface area contributed by atoms with Crippen LogP contribution in [-0.4, -0.2) is 35.4 Å². The number of rotatable bonds is 3. The maximum Gasteiger partial charge on any atom is 0.356 e. The lowest BCUT2D eigenvalue weighted by Gasteiger charge is -1.97. The fraction of sp³-hybridized carbons (Fsp3) is 0.250. The standard InChI is InChI=1S/C8H10N2O.C8H9NO2/c1-6-3-2-4-7(10-6)8(11)5-9;1-6-4-3-5-7(9-6)8(10)11-2/h2-4H,5,9H2,1H3;3-5H,1-2H3. The normalized spacial score (nSPS) is 9.45. The molecule has 0 amide bonds. The number of nitrogens with two attached hydrogens (primary N) is 1. The van der Waals surface area contributed by atoms with Crippen LogP contribution in [-0.2, 0) is 4.74 Å². The van der Waals surface area contributed by atoms with E-state index in [1.165, 1.54) is 7.11 Å². The van der Waals surface area contributed by atoms with E-state index in [0.29, 0.717) is 11.4 Å². The van der Waals surface area contributed by atoms with Crippen LogP contribution in [0.1, 0.15) is 32.4 Å². The molecule has 0 radical (unpaired) electrons. The number of carbonyl (C=O) groups is 2. The molecule has 0 spiro atoms. The van der Waals surface area contributed by atoms with Gasteiger partial charge in [-0.05, 0) is 38.1 Å². The van der Waals surface area contributed by atoms with Crippen molar-refractivity contribution in [2.75, 3.05) is 13.7 Å². The largest absolute Gasteiger partial charge is 0.464 e. The quantitative estimate of drug-likeness (QED) is 0.685. The first-order chi connectivity index (χ1) is 10.5. The number of methoxy groups -OCH3 is 1. The number of carbonyl (C=O) groups excluding carboxylic acids is 2. The van der Waals surface area contributed by atoms with E-state index in [1.54, 1.807) is 24.3 Å². The third kappa shape index (κ3) is 5.41. The van der Waals surface area contributed by atoms with Gasteiger partial charge in [0.2, 0.25) is 0 Å². The first-order valence-electron chi connectivity index (χ1n) is 6.66. The van der Waals surface area contributed by atoms with Crippen molar-refractivity contribution >= 4 is 11.8 Å². The summed E-state index contributed by atoms with van der Waals surface area (Å²) in [5, 5.41) is 0. The number of Topliss-reactive ketones (excluding diaryl/α,β-unsaturated/α-hetero) is 1. The zero-order chi connectivity index (χ0) is 16.5. The van der Waals surface area contributed by atoms with Crippen LogP contribution in [0.2, 0.25) is 0 Å². The van der Waals surface area contributed by atoms with Gasteiger partial charge < -0.3 is 10.5 Å². The summed E-state index contributed by atoms with van der Waals surface area (Å²) in [6.45, 7) is 3.69. The predicted octanol–water partition coefficient (Wildman–Crippen LogP) is 1.71. The molecule has 0 aromatic carbocycles. The number of nitrogens with zero attached hydrogens (tertiary/aromatic N) is 2. The zero-order valence-electron chi connectivity index (χ0n) is 12.9. The minimum absolute atomic E-state index is 0.0243. The van der Waals surface area contributed by atoms with E-state index in [1.807, 2.05) is 26.0 Å². The van der Waals surface area contributed by atoms with Crippen LogP contribution in [0.3, 0.4) is 0 Å². The lowest BCUT2D eigenvalue weighted by molar-refractivity contribution is 0.0593. The lowest BCUT2D eigenvalue weighted by atomic mass is 10.2. The molecular formula is C16H19N3O3. The van der Waals surface area contributed by atoms with E-state index in [4.69, 9.17) is 5.73 Å². The lowest BCUT2D eigenvalue weighted by Crippen LogP contribution is -2.15. The highest BCUT2D eigenvalue weighted by molar-refractivity contribution is 5.95. The molecule has 6 nitrogen and oxygen atoms in total. The van der Waals surface area contributed by atoms with E-state index < -0.39 is 5.97 Å². The molecule has 0 fully saturated rings. The number of hydrogen-bond donors (Lipinski definition) is 1. The summed E-state index contributed by atoms with van der Waals surface area (Å²) in [5.41, 5.74) is 7.62. The highest BCUT2D eigenvalue weighted by Crippen LogP contribution is 1.99. The number of ether oxygens (including phenoxy) is 1.